The number of hydrogen-bond donors (Lipinski definition) is 8. The van der Waals surface area contributed by atoms with E-state index >= 15 is 0 Å². The number of hydrogen-bond acceptors (Lipinski definition) is 9. The summed E-state index contributed by atoms with van der Waals surface area (Å²) in [6, 6.07) is 0. The van der Waals surface area contributed by atoms with Gasteiger partial charge in [0.05, 0.1) is 49.3 Å². The highest BCUT2D eigenvalue weighted by atomic mass is 15.4. The summed E-state index contributed by atoms with van der Waals surface area (Å²) in [6.07, 6.45) is 22.3. The molecule has 0 aromatic heterocycles. The van der Waals surface area contributed by atoms with Crippen molar-refractivity contribution >= 4 is 0 Å². The van der Waals surface area contributed by atoms with E-state index < -0.39 is 0 Å². The standard InChI is InChI=1S/C33H57N11/c34-44-35-16-17-8-7-15-24-25(17)33-42-31-23-14-6-5-13-22(23)29(40-31)38-27-19-10-2-1-9-18(19)26(36-27)37-28-20-11-3-4-12-21(20)30(39-28)41-32(24)43-33/h17-33,36-43H,1-16H2. The third kappa shape index (κ3) is 5.04. The maximum atomic E-state index is 9.24. The van der Waals surface area contributed by atoms with Crippen LogP contribution in [0.3, 0.4) is 0 Å². The van der Waals surface area contributed by atoms with Gasteiger partial charge < -0.3 is 0 Å². The summed E-state index contributed by atoms with van der Waals surface area (Å²) in [5.41, 5.74) is 9.24. The molecule has 9 aliphatic rings. The molecule has 8 bridgehead atoms. The number of rotatable bonds is 2. The van der Waals surface area contributed by atoms with E-state index in [0.717, 1.165) is 6.42 Å². The molecule has 17 atom stereocenters. The van der Waals surface area contributed by atoms with E-state index in [0.29, 0.717) is 96.8 Å². The zero-order valence-corrected chi connectivity index (χ0v) is 26.5. The van der Waals surface area contributed by atoms with Gasteiger partial charge in [-0.15, -0.1) is 0 Å². The second kappa shape index (κ2) is 12.2. The highest BCUT2D eigenvalue weighted by Crippen LogP contribution is 2.46. The van der Waals surface area contributed by atoms with Crippen molar-refractivity contribution in [1.82, 2.24) is 42.5 Å². The molecular weight excluding hydrogens is 550 g/mol. The third-order valence-corrected chi connectivity index (χ3v) is 14.4. The van der Waals surface area contributed by atoms with Crippen molar-refractivity contribution in [3.63, 3.8) is 0 Å². The van der Waals surface area contributed by atoms with E-state index in [1.807, 2.05) is 0 Å². The van der Waals surface area contributed by atoms with Crippen LogP contribution in [-0.2, 0) is 0 Å². The van der Waals surface area contributed by atoms with Gasteiger partial charge in [-0.05, 0) is 110 Å². The van der Waals surface area contributed by atoms with Crippen molar-refractivity contribution in [3.8, 4) is 0 Å². The molecule has 17 unspecified atom stereocenters. The molecule has 0 aromatic rings. The second-order valence-corrected chi connectivity index (χ2v) is 16.3. The maximum Gasteiger partial charge on any atom is 0.0631 e. The average molecular weight is 608 g/mol. The van der Waals surface area contributed by atoms with Crippen LogP contribution in [0.2, 0.25) is 0 Å². The Hall–Kier alpha value is -1.01. The molecule has 44 heavy (non-hydrogen) atoms. The lowest BCUT2D eigenvalue weighted by Gasteiger charge is -2.39. The Morgan fingerprint density at radius 2 is 0.727 bits per heavy atom. The summed E-state index contributed by atoms with van der Waals surface area (Å²) >= 11 is 0. The Morgan fingerprint density at radius 3 is 1.09 bits per heavy atom. The zero-order chi connectivity index (χ0) is 29.2. The SMILES string of the molecule is [N-]=[N+]=NCC1CCCC2C3NC4NC(NC5NC(NC6NC(NC(N3)C12)C1CCCCC61)C1CCCCC51)C1CCCCC41. The van der Waals surface area contributed by atoms with Crippen molar-refractivity contribution in [2.24, 2.45) is 58.4 Å². The summed E-state index contributed by atoms with van der Waals surface area (Å²) < 4.78 is 0. The summed E-state index contributed by atoms with van der Waals surface area (Å²) in [6.45, 7) is 0.619. The largest absolute Gasteiger partial charge is 0.286 e. The lowest BCUT2D eigenvalue weighted by molar-refractivity contribution is 0.126. The lowest BCUT2D eigenvalue weighted by atomic mass is 9.71. The van der Waals surface area contributed by atoms with Crippen molar-refractivity contribution in [2.75, 3.05) is 6.54 Å². The Labute approximate surface area is 263 Å². The van der Waals surface area contributed by atoms with Crippen molar-refractivity contribution in [1.29, 1.82) is 0 Å². The number of nitrogens with one attached hydrogen (secondary N) is 8. The molecule has 0 aromatic carbocycles. The maximum absolute atomic E-state index is 9.24. The second-order valence-electron chi connectivity index (χ2n) is 16.3. The van der Waals surface area contributed by atoms with E-state index in [1.165, 1.54) is 89.9 Å². The van der Waals surface area contributed by atoms with Gasteiger partial charge in [0, 0.05) is 11.5 Å². The third-order valence-electron chi connectivity index (χ3n) is 14.4. The van der Waals surface area contributed by atoms with Gasteiger partial charge in [-0.2, -0.15) is 0 Å². The van der Waals surface area contributed by atoms with Crippen LogP contribution in [-0.4, -0.2) is 55.9 Å². The first-order valence-corrected chi connectivity index (χ1v) is 18.8. The summed E-state index contributed by atoms with van der Waals surface area (Å²) in [7, 11) is 0. The quantitative estimate of drug-likeness (QED) is 0.136. The molecule has 0 spiro atoms. The molecular formula is C33H57N11. The molecule has 244 valence electrons. The molecule has 11 heteroatoms. The molecule has 8 N–H and O–H groups in total. The lowest BCUT2D eigenvalue weighted by Crippen LogP contribution is -2.61. The van der Waals surface area contributed by atoms with Crippen LogP contribution in [0.25, 0.3) is 10.4 Å². The Balaban J connectivity index is 1.06. The molecule has 9 rings (SSSR count). The van der Waals surface area contributed by atoms with Crippen LogP contribution in [0.1, 0.15) is 96.3 Å². The van der Waals surface area contributed by atoms with Crippen molar-refractivity contribution in [2.45, 2.75) is 146 Å². The van der Waals surface area contributed by atoms with E-state index in [2.05, 4.69) is 52.6 Å². The minimum atomic E-state index is 0.220. The molecule has 5 saturated heterocycles. The molecule has 4 aliphatic carbocycles. The van der Waals surface area contributed by atoms with E-state index in [1.54, 1.807) is 0 Å². The van der Waals surface area contributed by atoms with Gasteiger partial charge in [0.25, 0.3) is 0 Å². The summed E-state index contributed by atoms with van der Waals surface area (Å²) in [5.74, 6) is 5.53. The molecule has 4 saturated carbocycles. The van der Waals surface area contributed by atoms with Gasteiger partial charge in [-0.25, -0.2) is 0 Å². The smallest absolute Gasteiger partial charge is 0.0631 e. The van der Waals surface area contributed by atoms with Crippen LogP contribution in [0, 0.1) is 53.3 Å². The normalized spacial score (nSPS) is 54.9. The highest BCUT2D eigenvalue weighted by molar-refractivity contribution is 5.09. The number of nitrogens with zero attached hydrogens (tertiary/aromatic N) is 3. The summed E-state index contributed by atoms with van der Waals surface area (Å²) in [4.78, 5) is 3.20. The molecule has 0 radical (unpaired) electrons. The minimum absolute atomic E-state index is 0.220. The highest BCUT2D eigenvalue weighted by Gasteiger charge is 2.55. The molecule has 9 fully saturated rings. The van der Waals surface area contributed by atoms with Gasteiger partial charge in [0.15, 0.2) is 0 Å². The fourth-order valence-electron chi connectivity index (χ4n) is 12.5. The van der Waals surface area contributed by atoms with Crippen LogP contribution in [0.15, 0.2) is 5.11 Å². The minimum Gasteiger partial charge on any atom is -0.286 e. The Morgan fingerprint density at radius 1 is 0.409 bits per heavy atom. The van der Waals surface area contributed by atoms with E-state index in [9.17, 15) is 5.53 Å². The van der Waals surface area contributed by atoms with Crippen LogP contribution in [0.5, 0.6) is 0 Å². The number of fused-ring (bicyclic) bond motifs is 20. The summed E-state index contributed by atoms with van der Waals surface area (Å²) in [5, 5.41) is 37.8. The first-order chi connectivity index (χ1) is 21.7. The zero-order valence-electron chi connectivity index (χ0n) is 26.5. The van der Waals surface area contributed by atoms with E-state index in [-0.39, 0.29) is 12.3 Å². The first kappa shape index (κ1) is 29.2. The molecule has 0 amide bonds. The van der Waals surface area contributed by atoms with E-state index in [4.69, 9.17) is 0 Å². The van der Waals surface area contributed by atoms with Crippen LogP contribution in [0.4, 0.5) is 0 Å². The Bertz CT molecular complexity index is 1080. The fraction of sp³-hybridized carbons (Fsp3) is 1.00. The van der Waals surface area contributed by atoms with Crippen molar-refractivity contribution < 1.29 is 0 Å². The van der Waals surface area contributed by atoms with Crippen LogP contribution >= 0.6 is 0 Å². The van der Waals surface area contributed by atoms with Crippen LogP contribution < -0.4 is 42.5 Å². The van der Waals surface area contributed by atoms with Gasteiger partial charge in [0.1, 0.15) is 0 Å². The topological polar surface area (TPSA) is 145 Å². The average Bonchev–Trinajstić information content (AvgIpc) is 3.79. The first-order valence-electron chi connectivity index (χ1n) is 18.8. The number of azide groups is 1. The predicted molar refractivity (Wildman–Crippen MR) is 170 cm³/mol. The monoisotopic (exact) mass is 607 g/mol. The van der Waals surface area contributed by atoms with Crippen molar-refractivity contribution in [3.05, 3.63) is 10.4 Å². The van der Waals surface area contributed by atoms with Gasteiger partial charge in [-0.3, -0.25) is 42.5 Å². The molecule has 11 nitrogen and oxygen atoms in total. The van der Waals surface area contributed by atoms with Gasteiger partial charge in [0.2, 0.25) is 0 Å². The molecule has 5 heterocycles. The predicted octanol–water partition coefficient (Wildman–Crippen LogP) is 3.14. The molecule has 5 aliphatic heterocycles. The van der Waals surface area contributed by atoms with Gasteiger partial charge >= 0.3 is 0 Å². The van der Waals surface area contributed by atoms with Gasteiger partial charge in [-0.1, -0.05) is 50.1 Å². The Kier molecular flexibility index (Phi) is 8.10. The fourth-order valence-corrected chi connectivity index (χ4v) is 12.5.